The summed E-state index contributed by atoms with van der Waals surface area (Å²) in [6, 6.07) is 0.800. The predicted octanol–water partition coefficient (Wildman–Crippen LogP) is 0.685. The number of nitrogens with zero attached hydrogens (tertiary/aromatic N) is 2. The fourth-order valence-electron chi connectivity index (χ4n) is 2.16. The molecule has 1 saturated heterocycles. The second-order valence-corrected chi connectivity index (χ2v) is 3.99. The van der Waals surface area contributed by atoms with Gasteiger partial charge in [-0.25, -0.2) is 5.32 Å². The normalized spacial score (nSPS) is 19.1. The van der Waals surface area contributed by atoms with Crippen LogP contribution >= 0.6 is 0 Å². The molecule has 1 N–H and O–H groups in total. The lowest BCUT2D eigenvalue weighted by Gasteiger charge is -2.33. The van der Waals surface area contributed by atoms with E-state index in [1.54, 1.807) is 0 Å². The summed E-state index contributed by atoms with van der Waals surface area (Å²) in [7, 11) is 2.02. The second-order valence-electron chi connectivity index (χ2n) is 3.99. The van der Waals surface area contributed by atoms with Gasteiger partial charge in [0, 0.05) is 19.1 Å². The van der Waals surface area contributed by atoms with E-state index in [9.17, 15) is 0 Å². The van der Waals surface area contributed by atoms with Gasteiger partial charge in [-0.05, 0) is 45.9 Å². The Hall–Kier alpha value is -0.120. The van der Waals surface area contributed by atoms with E-state index >= 15 is 0 Å². The second kappa shape index (κ2) is 7.21. The molecule has 0 aromatic rings. The molecule has 0 unspecified atom stereocenters. The van der Waals surface area contributed by atoms with Gasteiger partial charge in [0.2, 0.25) is 0 Å². The highest BCUT2D eigenvalue weighted by atomic mass is 15.2. The van der Waals surface area contributed by atoms with E-state index in [1.807, 2.05) is 7.05 Å². The highest BCUT2D eigenvalue weighted by Gasteiger charge is 2.19. The van der Waals surface area contributed by atoms with Crippen molar-refractivity contribution in [3.8, 4) is 0 Å². The van der Waals surface area contributed by atoms with Crippen LogP contribution in [0, 0.1) is 0 Å². The molecule has 1 rings (SSSR count). The van der Waals surface area contributed by atoms with Crippen LogP contribution in [0.2, 0.25) is 0 Å². The lowest BCUT2D eigenvalue weighted by molar-refractivity contribution is 0.167. The van der Waals surface area contributed by atoms with Crippen LogP contribution in [0.15, 0.2) is 0 Å². The Bertz CT molecular complexity index is 132. The summed E-state index contributed by atoms with van der Waals surface area (Å²) in [4.78, 5) is 2.62. The minimum atomic E-state index is 0.800. The highest BCUT2D eigenvalue weighted by Crippen LogP contribution is 2.12. The number of nitrogens with one attached hydrogen (secondary N) is 1. The van der Waals surface area contributed by atoms with Gasteiger partial charge in [0.25, 0.3) is 0 Å². The molecule has 1 aliphatic rings. The molecular weight excluding hydrogens is 174 g/mol. The first-order valence-corrected chi connectivity index (χ1v) is 5.90. The maximum absolute atomic E-state index is 4.40. The van der Waals surface area contributed by atoms with E-state index in [-0.39, 0.29) is 0 Å². The molecule has 0 aliphatic carbocycles. The Morgan fingerprint density at radius 3 is 2.64 bits per heavy atom. The largest absolute Gasteiger partial charge is 0.320 e. The fourth-order valence-corrected chi connectivity index (χ4v) is 2.16. The van der Waals surface area contributed by atoms with E-state index in [0.29, 0.717) is 0 Å². The highest BCUT2D eigenvalue weighted by molar-refractivity contribution is 4.76. The van der Waals surface area contributed by atoms with Crippen LogP contribution in [0.4, 0.5) is 0 Å². The zero-order valence-electron chi connectivity index (χ0n) is 9.63. The molecule has 0 atom stereocenters. The monoisotopic (exact) mass is 198 g/mol. The topological polar surface area (TPSA) is 29.4 Å². The van der Waals surface area contributed by atoms with Crippen LogP contribution in [0.25, 0.3) is 0 Å². The molecule has 0 saturated carbocycles. The van der Waals surface area contributed by atoms with Gasteiger partial charge in [-0.1, -0.05) is 6.92 Å². The van der Waals surface area contributed by atoms with Crippen molar-refractivity contribution in [1.82, 2.24) is 15.5 Å². The molecule has 1 heterocycles. The average molecular weight is 198 g/mol. The van der Waals surface area contributed by atoms with E-state index in [1.165, 1.54) is 32.4 Å². The summed E-state index contributed by atoms with van der Waals surface area (Å²) in [6.07, 6.45) is 3.80. The Morgan fingerprint density at radius 1 is 1.36 bits per heavy atom. The molecule has 1 fully saturated rings. The number of rotatable bonds is 6. The van der Waals surface area contributed by atoms with E-state index in [4.69, 9.17) is 0 Å². The van der Waals surface area contributed by atoms with E-state index in [0.717, 1.165) is 25.7 Å². The van der Waals surface area contributed by atoms with Crippen molar-refractivity contribution in [3.05, 3.63) is 0 Å². The van der Waals surface area contributed by atoms with Crippen molar-refractivity contribution in [1.29, 1.82) is 0 Å². The van der Waals surface area contributed by atoms with Gasteiger partial charge < -0.3 is 10.2 Å². The molecule has 0 aromatic carbocycles. The summed E-state index contributed by atoms with van der Waals surface area (Å²) in [5, 5.41) is 7.61. The van der Waals surface area contributed by atoms with Gasteiger partial charge in [-0.2, -0.15) is 0 Å². The zero-order valence-corrected chi connectivity index (χ0v) is 9.63. The number of hydrogen-bond acceptors (Lipinski definition) is 2. The maximum Gasteiger partial charge on any atom is 0.0148 e. The standard InChI is InChI=1S/C11H24N3/c1-3-14(10-4-7-12-2)11-5-8-13-9-6-11/h11-12H,3-10H2,1-2H3. The van der Waals surface area contributed by atoms with Crippen LogP contribution in [0.5, 0.6) is 0 Å². The third-order valence-electron chi connectivity index (χ3n) is 3.04. The minimum Gasteiger partial charge on any atom is -0.320 e. The molecule has 0 aromatic heterocycles. The van der Waals surface area contributed by atoms with E-state index in [2.05, 4.69) is 22.5 Å². The third-order valence-corrected chi connectivity index (χ3v) is 3.04. The first-order chi connectivity index (χ1) is 6.88. The zero-order chi connectivity index (χ0) is 10.2. The SMILES string of the molecule is CCN(CCCNC)C1CC[N]CC1. The third kappa shape index (κ3) is 3.95. The van der Waals surface area contributed by atoms with Crippen molar-refractivity contribution < 1.29 is 0 Å². The van der Waals surface area contributed by atoms with Crippen LogP contribution in [0.3, 0.4) is 0 Å². The molecular formula is C11H24N3. The van der Waals surface area contributed by atoms with Crippen molar-refractivity contribution in [2.45, 2.75) is 32.2 Å². The molecule has 14 heavy (non-hydrogen) atoms. The van der Waals surface area contributed by atoms with Gasteiger partial charge in [-0.3, -0.25) is 0 Å². The predicted molar refractivity (Wildman–Crippen MR) is 60.7 cm³/mol. The molecule has 3 heteroatoms. The van der Waals surface area contributed by atoms with Crippen LogP contribution in [-0.4, -0.2) is 50.7 Å². The smallest absolute Gasteiger partial charge is 0.0148 e. The molecule has 3 nitrogen and oxygen atoms in total. The molecule has 0 amide bonds. The molecule has 83 valence electrons. The number of piperidine rings is 1. The summed E-state index contributed by atoms with van der Waals surface area (Å²) in [6.45, 7) is 7.98. The Kier molecular flexibility index (Phi) is 6.15. The van der Waals surface area contributed by atoms with E-state index < -0.39 is 0 Å². The lowest BCUT2D eigenvalue weighted by atomic mass is 10.0. The fraction of sp³-hybridized carbons (Fsp3) is 1.00. The quantitative estimate of drug-likeness (QED) is 0.636. The molecule has 0 bridgehead atoms. The van der Waals surface area contributed by atoms with Crippen LogP contribution in [-0.2, 0) is 0 Å². The molecule has 0 spiro atoms. The lowest BCUT2D eigenvalue weighted by Crippen LogP contribution is -2.42. The van der Waals surface area contributed by atoms with Crippen LogP contribution < -0.4 is 10.6 Å². The Labute approximate surface area is 88.2 Å². The maximum atomic E-state index is 4.40. The van der Waals surface area contributed by atoms with Crippen molar-refractivity contribution in [2.24, 2.45) is 0 Å². The van der Waals surface area contributed by atoms with Crippen molar-refractivity contribution in [3.63, 3.8) is 0 Å². The first-order valence-electron chi connectivity index (χ1n) is 5.90. The Balaban J connectivity index is 2.21. The van der Waals surface area contributed by atoms with Crippen molar-refractivity contribution >= 4 is 0 Å². The van der Waals surface area contributed by atoms with Gasteiger partial charge in [0.1, 0.15) is 0 Å². The minimum absolute atomic E-state index is 0.800. The summed E-state index contributed by atoms with van der Waals surface area (Å²) in [5.74, 6) is 0. The summed E-state index contributed by atoms with van der Waals surface area (Å²) >= 11 is 0. The van der Waals surface area contributed by atoms with Gasteiger partial charge in [0.15, 0.2) is 0 Å². The van der Waals surface area contributed by atoms with Gasteiger partial charge in [-0.15, -0.1) is 0 Å². The number of hydrogen-bond donors (Lipinski definition) is 1. The van der Waals surface area contributed by atoms with Gasteiger partial charge in [0.05, 0.1) is 0 Å². The average Bonchev–Trinajstić information content (AvgIpc) is 2.26. The molecule has 1 radical (unpaired) electrons. The summed E-state index contributed by atoms with van der Waals surface area (Å²) in [5.41, 5.74) is 0. The van der Waals surface area contributed by atoms with Gasteiger partial charge >= 0.3 is 0 Å². The molecule has 1 aliphatic heterocycles. The summed E-state index contributed by atoms with van der Waals surface area (Å²) < 4.78 is 0. The van der Waals surface area contributed by atoms with Crippen LogP contribution in [0.1, 0.15) is 26.2 Å². The Morgan fingerprint density at radius 2 is 2.07 bits per heavy atom. The first kappa shape index (κ1) is 12.0. The van der Waals surface area contributed by atoms with Crippen molar-refractivity contribution in [2.75, 3.05) is 39.8 Å².